The summed E-state index contributed by atoms with van der Waals surface area (Å²) in [6, 6.07) is 14.8. The van der Waals surface area contributed by atoms with Crippen molar-refractivity contribution >= 4 is 32.1 Å². The van der Waals surface area contributed by atoms with Gasteiger partial charge in [0.15, 0.2) is 0 Å². The normalized spacial score (nSPS) is 12.6. The van der Waals surface area contributed by atoms with Crippen LogP contribution in [-0.2, 0) is 32.2 Å². The van der Waals surface area contributed by atoms with E-state index in [0.29, 0.717) is 25.3 Å². The van der Waals surface area contributed by atoms with Crippen LogP contribution in [0.25, 0.3) is 21.9 Å². The molecular formula is C25H29N3O4S. The molecule has 8 heteroatoms. The van der Waals surface area contributed by atoms with Gasteiger partial charge in [-0.2, -0.15) is 8.42 Å². The van der Waals surface area contributed by atoms with Crippen LogP contribution in [0.15, 0.2) is 59.6 Å². The number of fused-ring (bicyclic) bond motifs is 3. The molecule has 0 amide bonds. The maximum absolute atomic E-state index is 12.8. The van der Waals surface area contributed by atoms with Gasteiger partial charge in [0.05, 0.1) is 28.7 Å². The van der Waals surface area contributed by atoms with Gasteiger partial charge >= 0.3 is 0 Å². The van der Waals surface area contributed by atoms with Gasteiger partial charge in [0.25, 0.3) is 10.1 Å². The summed E-state index contributed by atoms with van der Waals surface area (Å²) >= 11 is 0. The molecule has 0 saturated heterocycles. The minimum Gasteiger partial charge on any atom is -0.374 e. The van der Waals surface area contributed by atoms with E-state index in [2.05, 4.69) is 9.55 Å². The van der Waals surface area contributed by atoms with Gasteiger partial charge in [-0.05, 0) is 31.5 Å². The standard InChI is InChI=1S/C25H29N3O4S/c1-5-31-15-23-27-21-14-26-20-12-8-7-11-19(20)24(21)28(23)16-25(3,4)17-32-33(29,30)22-13-9-6-10-18(22)2/h6-14H,5,15-17H2,1-4H3. The number of aryl methyl sites for hydroxylation is 1. The first-order chi connectivity index (χ1) is 15.7. The highest BCUT2D eigenvalue weighted by Crippen LogP contribution is 2.30. The number of nitrogens with zero attached hydrogens (tertiary/aromatic N) is 3. The van der Waals surface area contributed by atoms with Crippen molar-refractivity contribution in [1.29, 1.82) is 0 Å². The van der Waals surface area contributed by atoms with Crippen LogP contribution in [0, 0.1) is 12.3 Å². The highest BCUT2D eigenvalue weighted by Gasteiger charge is 2.27. The first-order valence-electron chi connectivity index (χ1n) is 11.0. The fraction of sp³-hybridized carbons (Fsp3) is 0.360. The Balaban J connectivity index is 1.68. The molecule has 2 heterocycles. The molecule has 0 unspecified atom stereocenters. The molecule has 0 fully saturated rings. The Kier molecular flexibility index (Phi) is 6.52. The molecule has 0 atom stereocenters. The SMILES string of the molecule is CCOCc1nc2cnc3ccccc3c2n1CC(C)(C)COS(=O)(=O)c1ccccc1C. The molecule has 0 aliphatic heterocycles. The summed E-state index contributed by atoms with van der Waals surface area (Å²) in [5.74, 6) is 0.778. The third-order valence-electron chi connectivity index (χ3n) is 5.55. The molecular weight excluding hydrogens is 438 g/mol. The van der Waals surface area contributed by atoms with Crippen molar-refractivity contribution in [2.75, 3.05) is 13.2 Å². The third kappa shape index (κ3) is 4.93. The van der Waals surface area contributed by atoms with Crippen LogP contribution < -0.4 is 0 Å². The second kappa shape index (κ2) is 9.21. The average molecular weight is 468 g/mol. The Bertz CT molecular complexity index is 1390. The van der Waals surface area contributed by atoms with Gasteiger partial charge in [-0.3, -0.25) is 9.17 Å². The number of pyridine rings is 1. The smallest absolute Gasteiger partial charge is 0.297 e. The Morgan fingerprint density at radius 2 is 1.76 bits per heavy atom. The van der Waals surface area contributed by atoms with E-state index in [1.807, 2.05) is 51.1 Å². The Hall–Kier alpha value is -2.81. The van der Waals surface area contributed by atoms with Crippen molar-refractivity contribution in [1.82, 2.24) is 14.5 Å². The molecule has 7 nitrogen and oxygen atoms in total. The van der Waals surface area contributed by atoms with Crippen LogP contribution in [0.4, 0.5) is 0 Å². The Morgan fingerprint density at radius 1 is 1.03 bits per heavy atom. The fourth-order valence-corrected chi connectivity index (χ4v) is 5.20. The van der Waals surface area contributed by atoms with Crippen LogP contribution >= 0.6 is 0 Å². The lowest BCUT2D eigenvalue weighted by Crippen LogP contribution is -2.28. The van der Waals surface area contributed by atoms with Crippen molar-refractivity contribution < 1.29 is 17.3 Å². The molecule has 0 radical (unpaired) electrons. The number of ether oxygens (including phenoxy) is 1. The van der Waals surface area contributed by atoms with Crippen molar-refractivity contribution in [2.24, 2.45) is 5.41 Å². The van der Waals surface area contributed by atoms with Crippen LogP contribution in [0.1, 0.15) is 32.2 Å². The lowest BCUT2D eigenvalue weighted by molar-refractivity contribution is 0.119. The lowest BCUT2D eigenvalue weighted by Gasteiger charge is -2.26. The number of rotatable bonds is 9. The zero-order valence-corrected chi connectivity index (χ0v) is 20.2. The number of hydrogen-bond donors (Lipinski definition) is 0. The molecule has 33 heavy (non-hydrogen) atoms. The van der Waals surface area contributed by atoms with Crippen molar-refractivity contribution in [3.8, 4) is 0 Å². The minimum absolute atomic E-state index is 0.0282. The number of para-hydroxylation sites is 1. The Morgan fingerprint density at radius 3 is 2.52 bits per heavy atom. The predicted octanol–water partition coefficient (Wildman–Crippen LogP) is 4.86. The molecule has 174 valence electrons. The van der Waals surface area contributed by atoms with E-state index in [9.17, 15) is 8.42 Å². The van der Waals surface area contributed by atoms with Crippen molar-refractivity contribution in [3.63, 3.8) is 0 Å². The lowest BCUT2D eigenvalue weighted by atomic mass is 9.94. The summed E-state index contributed by atoms with van der Waals surface area (Å²) in [5.41, 5.74) is 2.78. The van der Waals surface area contributed by atoms with Gasteiger partial charge in [0, 0.05) is 24.0 Å². The second-order valence-corrected chi connectivity index (χ2v) is 10.5. The van der Waals surface area contributed by atoms with Crippen LogP contribution in [0.5, 0.6) is 0 Å². The highest BCUT2D eigenvalue weighted by molar-refractivity contribution is 7.86. The van der Waals surface area contributed by atoms with Crippen molar-refractivity contribution in [2.45, 2.75) is 45.7 Å². The van der Waals surface area contributed by atoms with E-state index in [-0.39, 0.29) is 11.5 Å². The van der Waals surface area contributed by atoms with Gasteiger partial charge in [0.1, 0.15) is 17.9 Å². The van der Waals surface area contributed by atoms with Crippen LogP contribution in [-0.4, -0.2) is 36.2 Å². The number of benzene rings is 2. The molecule has 0 aliphatic carbocycles. The first kappa shape index (κ1) is 23.4. The van der Waals surface area contributed by atoms with E-state index in [1.165, 1.54) is 0 Å². The zero-order valence-electron chi connectivity index (χ0n) is 19.4. The van der Waals surface area contributed by atoms with Crippen LogP contribution in [0.3, 0.4) is 0 Å². The molecule has 2 aromatic carbocycles. The van der Waals surface area contributed by atoms with Gasteiger partial charge in [-0.15, -0.1) is 0 Å². The molecule has 0 bridgehead atoms. The summed E-state index contributed by atoms with van der Waals surface area (Å²) in [7, 11) is -3.86. The van der Waals surface area contributed by atoms with Gasteiger partial charge in [-0.1, -0.05) is 50.2 Å². The van der Waals surface area contributed by atoms with Gasteiger partial charge in [0.2, 0.25) is 0 Å². The maximum Gasteiger partial charge on any atom is 0.297 e. The maximum atomic E-state index is 12.8. The molecule has 4 aromatic rings. The molecule has 0 saturated carbocycles. The summed E-state index contributed by atoms with van der Waals surface area (Å²) in [6.45, 7) is 9.14. The predicted molar refractivity (Wildman–Crippen MR) is 128 cm³/mol. The van der Waals surface area contributed by atoms with E-state index < -0.39 is 15.5 Å². The molecule has 0 N–H and O–H groups in total. The molecule has 0 aliphatic rings. The zero-order chi connectivity index (χ0) is 23.6. The third-order valence-corrected chi connectivity index (χ3v) is 6.97. The monoisotopic (exact) mass is 467 g/mol. The second-order valence-electron chi connectivity index (χ2n) is 8.91. The Labute approximate surface area is 194 Å². The van der Waals surface area contributed by atoms with Gasteiger partial charge in [-0.25, -0.2) is 4.98 Å². The first-order valence-corrected chi connectivity index (χ1v) is 12.4. The summed E-state index contributed by atoms with van der Waals surface area (Å²) < 4.78 is 39.0. The molecule has 0 spiro atoms. The quantitative estimate of drug-likeness (QED) is 0.327. The van der Waals surface area contributed by atoms with Crippen molar-refractivity contribution in [3.05, 3.63) is 66.1 Å². The van der Waals surface area contributed by atoms with E-state index in [0.717, 1.165) is 27.8 Å². The summed E-state index contributed by atoms with van der Waals surface area (Å²) in [6.07, 6.45) is 1.77. The van der Waals surface area contributed by atoms with Gasteiger partial charge < -0.3 is 9.30 Å². The topological polar surface area (TPSA) is 83.3 Å². The average Bonchev–Trinajstić information content (AvgIpc) is 3.13. The number of hydrogen-bond acceptors (Lipinski definition) is 6. The van der Waals surface area contributed by atoms with E-state index in [4.69, 9.17) is 13.9 Å². The highest BCUT2D eigenvalue weighted by atomic mass is 32.2. The fourth-order valence-electron chi connectivity index (χ4n) is 3.90. The molecule has 4 rings (SSSR count). The largest absolute Gasteiger partial charge is 0.374 e. The van der Waals surface area contributed by atoms with E-state index >= 15 is 0 Å². The van der Waals surface area contributed by atoms with E-state index in [1.54, 1.807) is 31.3 Å². The van der Waals surface area contributed by atoms with Crippen LogP contribution in [0.2, 0.25) is 0 Å². The molecule has 2 aromatic heterocycles. The summed E-state index contributed by atoms with van der Waals surface area (Å²) in [5, 5.41) is 0.995. The summed E-state index contributed by atoms with van der Waals surface area (Å²) in [4.78, 5) is 9.50. The number of imidazole rings is 1. The minimum atomic E-state index is -3.86. The number of aromatic nitrogens is 3.